The number of aromatic nitrogens is 2. The predicted octanol–water partition coefficient (Wildman–Crippen LogP) is -1.17. The van der Waals surface area contributed by atoms with Crippen LogP contribution in [0.1, 0.15) is 0 Å². The molecule has 0 amide bonds. The average Bonchev–Trinajstić information content (AvgIpc) is 2.53. The zero-order valence-corrected chi connectivity index (χ0v) is 6.20. The first-order chi connectivity index (χ1) is 5.93. The van der Waals surface area contributed by atoms with E-state index in [1.165, 1.54) is 0 Å². The summed E-state index contributed by atoms with van der Waals surface area (Å²) in [5.74, 6) is 0. The lowest BCUT2D eigenvalue weighted by Crippen LogP contribution is -2.36. The van der Waals surface area contributed by atoms with Gasteiger partial charge in [-0.2, -0.15) is 5.10 Å². The molecule has 4 nitrogen and oxygen atoms in total. The Kier molecular flexibility index (Phi) is 0.889. The van der Waals surface area contributed by atoms with Crippen LogP contribution in [0.3, 0.4) is 0 Å². The molecule has 0 saturated heterocycles. The summed E-state index contributed by atoms with van der Waals surface area (Å²) in [6.45, 7) is 0. The smallest absolute Gasteiger partial charge is 0.0693 e. The maximum Gasteiger partial charge on any atom is 0.0693 e. The van der Waals surface area contributed by atoms with E-state index in [0.717, 1.165) is 22.0 Å². The number of nitrogens with one attached hydrogen (secondary N) is 2. The minimum absolute atomic E-state index is 1.00. The highest BCUT2D eigenvalue weighted by molar-refractivity contribution is 6.03. The van der Waals surface area contributed by atoms with Crippen LogP contribution in [0.4, 0.5) is 0 Å². The summed E-state index contributed by atoms with van der Waals surface area (Å²) in [4.78, 5) is 4.08. The van der Waals surface area contributed by atoms with Crippen molar-refractivity contribution >= 4 is 18.0 Å². The Hall–Kier alpha value is -1.84. The van der Waals surface area contributed by atoms with E-state index < -0.39 is 0 Å². The molecule has 3 rings (SSSR count). The Balaban J connectivity index is 2.57. The summed E-state index contributed by atoms with van der Waals surface area (Å²) in [5, 5.41) is 12.2. The van der Waals surface area contributed by atoms with Crippen molar-refractivity contribution < 1.29 is 0 Å². The Morgan fingerprint density at radius 2 is 2.33 bits per heavy atom. The second-order valence-electron chi connectivity index (χ2n) is 2.74. The molecule has 0 spiro atoms. The van der Waals surface area contributed by atoms with Crippen molar-refractivity contribution in [3.05, 3.63) is 28.7 Å². The molecule has 4 heteroatoms. The minimum atomic E-state index is 1.00. The topological polar surface area (TPSA) is 53.1 Å². The molecule has 2 bridgehead atoms. The number of fused-ring (bicyclic) bond motifs is 3. The Morgan fingerprint density at radius 1 is 1.33 bits per heavy atom. The summed E-state index contributed by atoms with van der Waals surface area (Å²) in [6, 6.07) is 0. The number of allylic oxidation sites excluding steroid dienone is 1. The molecule has 1 aromatic rings. The van der Waals surface area contributed by atoms with Gasteiger partial charge in [-0.15, -0.1) is 0 Å². The zero-order valence-electron chi connectivity index (χ0n) is 6.20. The summed E-state index contributed by atoms with van der Waals surface area (Å²) in [7, 11) is 0. The fourth-order valence-corrected chi connectivity index (χ4v) is 1.40. The highest BCUT2D eigenvalue weighted by atomic mass is 15.1. The Bertz CT molecular complexity index is 503. The molecular formula is C8H6N4. The van der Waals surface area contributed by atoms with Crippen molar-refractivity contribution in [2.45, 2.75) is 0 Å². The fraction of sp³-hybridized carbons (Fsp3) is 0. The van der Waals surface area contributed by atoms with Crippen molar-refractivity contribution in [1.29, 1.82) is 0 Å². The van der Waals surface area contributed by atoms with Crippen LogP contribution in [0.25, 0.3) is 11.8 Å². The number of rotatable bonds is 0. The normalized spacial score (nSPS) is 17.7. The molecule has 0 radical (unpaired) electrons. The van der Waals surface area contributed by atoms with Crippen molar-refractivity contribution in [2.75, 3.05) is 0 Å². The van der Waals surface area contributed by atoms with E-state index >= 15 is 0 Å². The number of nitrogens with zero attached hydrogens (tertiary/aromatic N) is 2. The first-order valence-electron chi connectivity index (χ1n) is 3.69. The van der Waals surface area contributed by atoms with Crippen LogP contribution in [0.15, 0.2) is 23.1 Å². The largest absolute Gasteiger partial charge is 0.352 e. The first-order valence-corrected chi connectivity index (χ1v) is 3.69. The van der Waals surface area contributed by atoms with E-state index in [9.17, 15) is 0 Å². The van der Waals surface area contributed by atoms with E-state index in [1.807, 2.05) is 6.08 Å². The van der Waals surface area contributed by atoms with E-state index in [1.54, 1.807) is 18.6 Å². The Morgan fingerprint density at radius 3 is 3.33 bits per heavy atom. The molecule has 12 heavy (non-hydrogen) atoms. The van der Waals surface area contributed by atoms with Crippen LogP contribution >= 0.6 is 0 Å². The van der Waals surface area contributed by atoms with Crippen molar-refractivity contribution in [1.82, 2.24) is 15.5 Å². The van der Waals surface area contributed by atoms with Gasteiger partial charge in [0.2, 0.25) is 0 Å². The van der Waals surface area contributed by atoms with Gasteiger partial charge in [-0.1, -0.05) is 0 Å². The van der Waals surface area contributed by atoms with Crippen LogP contribution < -0.4 is 15.9 Å². The highest BCUT2D eigenvalue weighted by Crippen LogP contribution is 2.03. The van der Waals surface area contributed by atoms with Gasteiger partial charge in [-0.3, -0.25) is 10.1 Å². The lowest BCUT2D eigenvalue weighted by molar-refractivity contribution is 1.05. The van der Waals surface area contributed by atoms with Crippen LogP contribution in [-0.2, 0) is 0 Å². The summed E-state index contributed by atoms with van der Waals surface area (Å²) in [5.41, 5.74) is 2.02. The summed E-state index contributed by atoms with van der Waals surface area (Å²) >= 11 is 0. The zero-order chi connectivity index (χ0) is 7.97. The third kappa shape index (κ3) is 0.611. The first kappa shape index (κ1) is 5.77. The van der Waals surface area contributed by atoms with Gasteiger partial charge >= 0.3 is 0 Å². The Labute approximate surface area is 68.0 Å². The van der Waals surface area contributed by atoms with Gasteiger partial charge in [0.25, 0.3) is 0 Å². The molecule has 0 aromatic carbocycles. The second kappa shape index (κ2) is 1.85. The van der Waals surface area contributed by atoms with E-state index in [-0.39, 0.29) is 0 Å². The monoisotopic (exact) mass is 158 g/mol. The predicted molar refractivity (Wildman–Crippen MR) is 45.4 cm³/mol. The number of aliphatic imine (C=N–C) groups is 1. The van der Waals surface area contributed by atoms with Crippen molar-refractivity contribution in [2.24, 2.45) is 4.99 Å². The number of aromatic amines is 1. The van der Waals surface area contributed by atoms with E-state index in [2.05, 4.69) is 20.5 Å². The molecule has 0 aliphatic carbocycles. The van der Waals surface area contributed by atoms with Crippen LogP contribution in [-0.4, -0.2) is 16.4 Å². The van der Waals surface area contributed by atoms with Gasteiger partial charge < -0.3 is 5.32 Å². The molecule has 1 aromatic heterocycles. The van der Waals surface area contributed by atoms with Gasteiger partial charge in [0.05, 0.1) is 35.4 Å². The SMILES string of the molecule is C1=NC=C2C=c3[nH]ncc3=C1N2. The van der Waals surface area contributed by atoms with Crippen LogP contribution in [0.2, 0.25) is 0 Å². The lowest BCUT2D eigenvalue weighted by atomic mass is 10.2. The number of hydrogen-bond donors (Lipinski definition) is 2. The second-order valence-corrected chi connectivity index (χ2v) is 2.74. The standard InChI is InChI=1S/C8H6N4/c1-5-2-9-4-8(11-5)6-3-10-12-7(1)6/h1-4,11H,(H,10,12). The van der Waals surface area contributed by atoms with Gasteiger partial charge in [0.15, 0.2) is 0 Å². The quantitative estimate of drug-likeness (QED) is 0.499. The average molecular weight is 158 g/mol. The van der Waals surface area contributed by atoms with Crippen LogP contribution in [0.5, 0.6) is 0 Å². The molecule has 0 fully saturated rings. The molecule has 0 unspecified atom stereocenters. The maximum atomic E-state index is 4.08. The van der Waals surface area contributed by atoms with E-state index in [0.29, 0.717) is 0 Å². The highest BCUT2D eigenvalue weighted by Gasteiger charge is 2.08. The van der Waals surface area contributed by atoms with Gasteiger partial charge in [0, 0.05) is 5.22 Å². The van der Waals surface area contributed by atoms with Crippen LogP contribution in [0, 0.1) is 0 Å². The van der Waals surface area contributed by atoms with E-state index in [4.69, 9.17) is 0 Å². The third-order valence-electron chi connectivity index (χ3n) is 1.96. The molecule has 0 atom stereocenters. The van der Waals surface area contributed by atoms with Gasteiger partial charge in [0.1, 0.15) is 0 Å². The summed E-state index contributed by atoms with van der Waals surface area (Å²) < 4.78 is 0. The van der Waals surface area contributed by atoms with Gasteiger partial charge in [-0.25, -0.2) is 0 Å². The molecule has 58 valence electrons. The molecular weight excluding hydrogens is 152 g/mol. The van der Waals surface area contributed by atoms with Gasteiger partial charge in [-0.05, 0) is 6.08 Å². The third-order valence-corrected chi connectivity index (χ3v) is 1.96. The minimum Gasteiger partial charge on any atom is -0.352 e. The molecule has 2 N–H and O–H groups in total. The fourth-order valence-electron chi connectivity index (χ4n) is 1.40. The number of H-pyrrole nitrogens is 1. The molecule has 3 heterocycles. The molecule has 0 saturated carbocycles. The van der Waals surface area contributed by atoms with Crippen molar-refractivity contribution in [3.8, 4) is 0 Å². The summed E-state index contributed by atoms with van der Waals surface area (Å²) in [6.07, 6.45) is 7.36. The number of hydrogen-bond acceptors (Lipinski definition) is 3. The molecule has 2 aliphatic rings. The maximum absolute atomic E-state index is 4.08. The molecule has 2 aliphatic heterocycles. The van der Waals surface area contributed by atoms with Crippen molar-refractivity contribution in [3.63, 3.8) is 0 Å². The lowest BCUT2D eigenvalue weighted by Gasteiger charge is -2.12.